The quantitative estimate of drug-likeness (QED) is 0.795. The molecule has 0 aromatic carbocycles. The van der Waals surface area contributed by atoms with Gasteiger partial charge in [0.1, 0.15) is 5.82 Å². The predicted molar refractivity (Wildman–Crippen MR) is 58.6 cm³/mol. The molecule has 1 fully saturated rings. The van der Waals surface area contributed by atoms with Gasteiger partial charge < -0.3 is 11.1 Å². The first-order chi connectivity index (χ1) is 6.66. The van der Waals surface area contributed by atoms with Crippen LogP contribution in [0.2, 0.25) is 0 Å². The van der Waals surface area contributed by atoms with Crippen molar-refractivity contribution in [2.45, 2.75) is 44.7 Å². The Morgan fingerprint density at radius 1 is 1.50 bits per heavy atom. The molecule has 5 heteroatoms. The minimum atomic E-state index is 0.128. The predicted octanol–water partition coefficient (Wildman–Crippen LogP) is 1.56. The lowest BCUT2D eigenvalue weighted by Gasteiger charge is -2.15. The standard InChI is InChI=1S/C9H16N4S/c1-5(10)6(2)11-9-12-8(13-14-9)7-3-4-7/h5-7H,3-4,10H2,1-2H3,(H,11,12,13). The topological polar surface area (TPSA) is 63.8 Å². The van der Waals surface area contributed by atoms with Crippen molar-refractivity contribution in [3.63, 3.8) is 0 Å². The first-order valence-electron chi connectivity index (χ1n) is 5.02. The minimum absolute atomic E-state index is 0.128. The second-order valence-corrected chi connectivity index (χ2v) is 4.78. The molecule has 0 saturated heterocycles. The van der Waals surface area contributed by atoms with Crippen LogP contribution in [-0.4, -0.2) is 21.4 Å². The molecule has 0 spiro atoms. The fourth-order valence-corrected chi connectivity index (χ4v) is 1.87. The zero-order valence-electron chi connectivity index (χ0n) is 8.53. The molecule has 1 heterocycles. The summed E-state index contributed by atoms with van der Waals surface area (Å²) < 4.78 is 4.32. The summed E-state index contributed by atoms with van der Waals surface area (Å²) in [5.41, 5.74) is 5.76. The summed E-state index contributed by atoms with van der Waals surface area (Å²) in [6, 6.07) is 0.373. The first kappa shape index (κ1) is 9.86. The van der Waals surface area contributed by atoms with Crippen LogP contribution in [0.4, 0.5) is 5.13 Å². The highest BCUT2D eigenvalue weighted by atomic mass is 32.1. The average molecular weight is 212 g/mol. The zero-order valence-corrected chi connectivity index (χ0v) is 9.34. The van der Waals surface area contributed by atoms with Gasteiger partial charge in [0.05, 0.1) is 0 Å². The van der Waals surface area contributed by atoms with Crippen molar-refractivity contribution in [3.8, 4) is 0 Å². The Kier molecular flexibility index (Phi) is 2.69. The van der Waals surface area contributed by atoms with E-state index in [1.54, 1.807) is 0 Å². The highest BCUT2D eigenvalue weighted by Gasteiger charge is 2.27. The Labute approximate surface area is 88.1 Å². The molecule has 2 rings (SSSR count). The van der Waals surface area contributed by atoms with E-state index in [4.69, 9.17) is 5.73 Å². The van der Waals surface area contributed by atoms with Crippen molar-refractivity contribution in [1.82, 2.24) is 9.36 Å². The second kappa shape index (κ2) is 3.82. The van der Waals surface area contributed by atoms with Crippen molar-refractivity contribution in [3.05, 3.63) is 5.82 Å². The summed E-state index contributed by atoms with van der Waals surface area (Å²) in [5.74, 6) is 1.64. The van der Waals surface area contributed by atoms with Crippen LogP contribution in [0.25, 0.3) is 0 Å². The number of anilines is 1. The van der Waals surface area contributed by atoms with Crippen molar-refractivity contribution in [1.29, 1.82) is 0 Å². The lowest BCUT2D eigenvalue weighted by Crippen LogP contribution is -2.35. The Morgan fingerprint density at radius 2 is 2.21 bits per heavy atom. The van der Waals surface area contributed by atoms with E-state index in [-0.39, 0.29) is 12.1 Å². The number of nitrogens with zero attached hydrogens (tertiary/aromatic N) is 2. The van der Waals surface area contributed by atoms with E-state index in [0.29, 0.717) is 5.92 Å². The number of nitrogens with one attached hydrogen (secondary N) is 1. The van der Waals surface area contributed by atoms with E-state index >= 15 is 0 Å². The highest BCUT2D eigenvalue weighted by Crippen LogP contribution is 2.39. The number of hydrogen-bond donors (Lipinski definition) is 2. The third kappa shape index (κ3) is 2.22. The molecule has 0 aliphatic heterocycles. The lowest BCUT2D eigenvalue weighted by molar-refractivity contribution is 0.637. The summed E-state index contributed by atoms with van der Waals surface area (Å²) in [5, 5.41) is 4.16. The van der Waals surface area contributed by atoms with Crippen LogP contribution < -0.4 is 11.1 Å². The number of aromatic nitrogens is 2. The molecule has 1 aliphatic rings. The fraction of sp³-hybridized carbons (Fsp3) is 0.778. The van der Waals surface area contributed by atoms with E-state index in [0.717, 1.165) is 11.0 Å². The molecule has 2 unspecified atom stereocenters. The van der Waals surface area contributed by atoms with Crippen molar-refractivity contribution >= 4 is 16.7 Å². The zero-order chi connectivity index (χ0) is 10.1. The van der Waals surface area contributed by atoms with Crippen molar-refractivity contribution < 1.29 is 0 Å². The van der Waals surface area contributed by atoms with Gasteiger partial charge in [-0.2, -0.15) is 4.37 Å². The van der Waals surface area contributed by atoms with Crippen LogP contribution in [0.5, 0.6) is 0 Å². The smallest absolute Gasteiger partial charge is 0.202 e. The van der Waals surface area contributed by atoms with Crippen LogP contribution in [0, 0.1) is 0 Å². The monoisotopic (exact) mass is 212 g/mol. The highest BCUT2D eigenvalue weighted by molar-refractivity contribution is 7.09. The molecule has 1 saturated carbocycles. The Morgan fingerprint density at radius 3 is 2.79 bits per heavy atom. The van der Waals surface area contributed by atoms with Crippen LogP contribution >= 0.6 is 11.5 Å². The maximum absolute atomic E-state index is 5.76. The van der Waals surface area contributed by atoms with Gasteiger partial charge in [0.25, 0.3) is 0 Å². The van der Waals surface area contributed by atoms with Gasteiger partial charge in [-0.25, -0.2) is 4.98 Å². The van der Waals surface area contributed by atoms with Gasteiger partial charge in [0.2, 0.25) is 5.13 Å². The molecular weight excluding hydrogens is 196 g/mol. The lowest BCUT2D eigenvalue weighted by atomic mass is 10.2. The molecule has 0 bridgehead atoms. The molecular formula is C9H16N4S. The number of nitrogens with two attached hydrogens (primary N) is 1. The van der Waals surface area contributed by atoms with Gasteiger partial charge in [0.15, 0.2) is 0 Å². The van der Waals surface area contributed by atoms with Crippen LogP contribution in [0.15, 0.2) is 0 Å². The normalized spacial score (nSPS) is 20.5. The third-order valence-corrected chi connectivity index (χ3v) is 3.18. The molecule has 1 aromatic heterocycles. The van der Waals surface area contributed by atoms with Gasteiger partial charge in [-0.05, 0) is 26.7 Å². The molecule has 78 valence electrons. The van der Waals surface area contributed by atoms with Crippen LogP contribution in [0.3, 0.4) is 0 Å². The summed E-state index contributed by atoms with van der Waals surface area (Å²) in [4.78, 5) is 4.44. The van der Waals surface area contributed by atoms with E-state index in [1.807, 2.05) is 6.92 Å². The van der Waals surface area contributed by atoms with Gasteiger partial charge in [-0.3, -0.25) is 0 Å². The third-order valence-electron chi connectivity index (χ3n) is 2.52. The first-order valence-corrected chi connectivity index (χ1v) is 5.80. The molecule has 3 N–H and O–H groups in total. The Hall–Kier alpha value is -0.680. The van der Waals surface area contributed by atoms with E-state index in [1.165, 1.54) is 24.4 Å². The molecule has 1 aliphatic carbocycles. The van der Waals surface area contributed by atoms with Crippen molar-refractivity contribution in [2.75, 3.05) is 5.32 Å². The van der Waals surface area contributed by atoms with Gasteiger partial charge >= 0.3 is 0 Å². The molecule has 14 heavy (non-hydrogen) atoms. The summed E-state index contributed by atoms with van der Waals surface area (Å²) in [7, 11) is 0. The Bertz CT molecular complexity index is 306. The Balaban J connectivity index is 1.95. The second-order valence-electron chi connectivity index (χ2n) is 4.02. The average Bonchev–Trinajstić information content (AvgIpc) is 2.88. The molecule has 1 aromatic rings. The van der Waals surface area contributed by atoms with Gasteiger partial charge in [-0.1, -0.05) is 0 Å². The maximum Gasteiger partial charge on any atom is 0.202 e. The van der Waals surface area contributed by atoms with E-state index < -0.39 is 0 Å². The van der Waals surface area contributed by atoms with Gasteiger partial charge in [0, 0.05) is 29.5 Å². The molecule has 0 amide bonds. The van der Waals surface area contributed by atoms with Crippen LogP contribution in [-0.2, 0) is 0 Å². The summed E-state index contributed by atoms with van der Waals surface area (Å²) in [6.45, 7) is 4.05. The fourth-order valence-electron chi connectivity index (χ4n) is 1.13. The summed E-state index contributed by atoms with van der Waals surface area (Å²) in [6.07, 6.45) is 2.50. The SMILES string of the molecule is CC(N)C(C)Nc1nc(C2CC2)ns1. The largest absolute Gasteiger partial charge is 0.356 e. The van der Waals surface area contributed by atoms with E-state index in [9.17, 15) is 0 Å². The molecule has 0 radical (unpaired) electrons. The van der Waals surface area contributed by atoms with E-state index in [2.05, 4.69) is 21.6 Å². The molecule has 4 nitrogen and oxygen atoms in total. The van der Waals surface area contributed by atoms with Crippen molar-refractivity contribution in [2.24, 2.45) is 5.73 Å². The van der Waals surface area contributed by atoms with Crippen LogP contribution in [0.1, 0.15) is 38.4 Å². The van der Waals surface area contributed by atoms with Gasteiger partial charge in [-0.15, -0.1) is 0 Å². The number of hydrogen-bond acceptors (Lipinski definition) is 5. The summed E-state index contributed by atoms with van der Waals surface area (Å²) >= 11 is 1.44. The number of rotatable bonds is 4. The molecule has 2 atom stereocenters. The minimum Gasteiger partial charge on any atom is -0.356 e. The maximum atomic E-state index is 5.76.